The lowest BCUT2D eigenvalue weighted by molar-refractivity contribution is -0.133. The van der Waals surface area contributed by atoms with Crippen LogP contribution in [0.4, 0.5) is 5.69 Å². The van der Waals surface area contributed by atoms with E-state index in [1.807, 2.05) is 0 Å². The Bertz CT molecular complexity index is 697. The summed E-state index contributed by atoms with van der Waals surface area (Å²) in [5.41, 5.74) is 0.386. The molecular formula is C18H22N2O5. The molecule has 1 fully saturated rings. The Morgan fingerprint density at radius 1 is 1.28 bits per heavy atom. The third-order valence-electron chi connectivity index (χ3n) is 4.96. The van der Waals surface area contributed by atoms with Gasteiger partial charge in [0.05, 0.1) is 11.3 Å². The molecule has 0 unspecified atom stereocenters. The molecule has 134 valence electrons. The van der Waals surface area contributed by atoms with Gasteiger partial charge in [-0.05, 0) is 31.0 Å². The Hall–Kier alpha value is -2.57. The second-order valence-electron chi connectivity index (χ2n) is 6.55. The number of amides is 2. The van der Waals surface area contributed by atoms with Gasteiger partial charge in [-0.3, -0.25) is 14.5 Å². The molecular weight excluding hydrogens is 324 g/mol. The van der Waals surface area contributed by atoms with Crippen molar-refractivity contribution in [3.63, 3.8) is 0 Å². The van der Waals surface area contributed by atoms with E-state index in [1.54, 1.807) is 11.9 Å². The summed E-state index contributed by atoms with van der Waals surface area (Å²) in [6.45, 7) is -0.259. The molecule has 7 heteroatoms. The van der Waals surface area contributed by atoms with Gasteiger partial charge < -0.3 is 14.7 Å². The summed E-state index contributed by atoms with van der Waals surface area (Å²) in [6, 6.07) is 4.53. The largest absolute Gasteiger partial charge is 0.482 e. The van der Waals surface area contributed by atoms with Crippen LogP contribution in [-0.4, -0.2) is 54.0 Å². The molecule has 2 amide bonds. The Morgan fingerprint density at radius 3 is 2.68 bits per heavy atom. The molecule has 25 heavy (non-hydrogen) atoms. The number of hydrogen-bond donors (Lipinski definition) is 1. The molecule has 7 nitrogen and oxygen atoms in total. The van der Waals surface area contributed by atoms with Gasteiger partial charge in [-0.15, -0.1) is 0 Å². The summed E-state index contributed by atoms with van der Waals surface area (Å²) in [6.07, 6.45) is 5.40. The van der Waals surface area contributed by atoms with Crippen molar-refractivity contribution in [2.45, 2.75) is 38.1 Å². The zero-order valence-electron chi connectivity index (χ0n) is 14.2. The molecule has 0 radical (unpaired) electrons. The van der Waals surface area contributed by atoms with Crippen LogP contribution < -0.4 is 9.64 Å². The molecule has 1 aromatic carbocycles. The van der Waals surface area contributed by atoms with Gasteiger partial charge in [0.15, 0.2) is 6.61 Å². The molecule has 3 rings (SSSR count). The summed E-state index contributed by atoms with van der Waals surface area (Å²) in [5.74, 6) is -1.17. The highest BCUT2D eigenvalue weighted by Crippen LogP contribution is 2.33. The van der Waals surface area contributed by atoms with Crippen LogP contribution in [0.25, 0.3) is 0 Å². The maximum absolute atomic E-state index is 12.7. The Morgan fingerprint density at radius 2 is 2.00 bits per heavy atom. The molecule has 1 aromatic rings. The van der Waals surface area contributed by atoms with Crippen LogP contribution in [0.3, 0.4) is 0 Å². The van der Waals surface area contributed by atoms with Crippen molar-refractivity contribution in [1.82, 2.24) is 4.90 Å². The van der Waals surface area contributed by atoms with Crippen molar-refractivity contribution in [2.75, 3.05) is 25.1 Å². The number of likely N-dealkylation sites (N-methyl/N-ethyl adjacent to an activating group) is 1. The van der Waals surface area contributed by atoms with Crippen LogP contribution in [0.15, 0.2) is 18.2 Å². The third-order valence-corrected chi connectivity index (χ3v) is 4.96. The number of nitrogens with zero attached hydrogens (tertiary/aromatic N) is 2. The Balaban J connectivity index is 1.79. The standard InChI is InChI=1S/C18H22N2O5/c1-19(13-5-3-2-4-6-13)16(21)10-20-14-9-12(18(23)24)7-8-15(14)25-11-17(20)22/h7-9,13H,2-6,10-11H2,1H3,(H,23,24). The van der Waals surface area contributed by atoms with E-state index in [0.29, 0.717) is 11.4 Å². The lowest BCUT2D eigenvalue weighted by atomic mass is 9.94. The van der Waals surface area contributed by atoms with Crippen molar-refractivity contribution < 1.29 is 24.2 Å². The number of rotatable bonds is 4. The first kappa shape index (κ1) is 17.3. The van der Waals surface area contributed by atoms with Crippen molar-refractivity contribution >= 4 is 23.5 Å². The van der Waals surface area contributed by atoms with E-state index >= 15 is 0 Å². The number of carboxylic acids is 1. The van der Waals surface area contributed by atoms with E-state index in [9.17, 15) is 14.4 Å². The number of carbonyl (C=O) groups is 3. The van der Waals surface area contributed by atoms with E-state index < -0.39 is 5.97 Å². The molecule has 1 saturated carbocycles. The molecule has 0 aromatic heterocycles. The van der Waals surface area contributed by atoms with Crippen molar-refractivity contribution in [2.24, 2.45) is 0 Å². The molecule has 0 atom stereocenters. The fourth-order valence-electron chi connectivity index (χ4n) is 3.43. The van der Waals surface area contributed by atoms with Gasteiger partial charge in [-0.25, -0.2) is 4.79 Å². The van der Waals surface area contributed by atoms with Gasteiger partial charge in [0.2, 0.25) is 5.91 Å². The van der Waals surface area contributed by atoms with Crippen LogP contribution in [0.5, 0.6) is 5.75 Å². The number of benzene rings is 1. The molecule has 0 spiro atoms. The zero-order chi connectivity index (χ0) is 18.0. The van der Waals surface area contributed by atoms with E-state index in [0.717, 1.165) is 25.7 Å². The Kier molecular flexibility index (Phi) is 4.92. The third kappa shape index (κ3) is 3.60. The highest BCUT2D eigenvalue weighted by molar-refractivity contribution is 6.03. The summed E-state index contributed by atoms with van der Waals surface area (Å²) in [4.78, 5) is 39.2. The highest BCUT2D eigenvalue weighted by atomic mass is 16.5. The van der Waals surface area contributed by atoms with E-state index in [-0.39, 0.29) is 36.6 Å². The summed E-state index contributed by atoms with van der Waals surface area (Å²) in [5, 5.41) is 9.16. The molecule has 2 aliphatic rings. The molecule has 0 saturated heterocycles. The van der Waals surface area contributed by atoms with E-state index in [2.05, 4.69) is 0 Å². The minimum absolute atomic E-state index is 0.0511. The molecule has 0 bridgehead atoms. The van der Waals surface area contributed by atoms with Crippen LogP contribution in [0.2, 0.25) is 0 Å². The van der Waals surface area contributed by atoms with Gasteiger partial charge in [0.25, 0.3) is 5.91 Å². The fourth-order valence-corrected chi connectivity index (χ4v) is 3.43. The first-order chi connectivity index (χ1) is 12.0. The van der Waals surface area contributed by atoms with Gasteiger partial charge in [-0.2, -0.15) is 0 Å². The maximum atomic E-state index is 12.7. The lowest BCUT2D eigenvalue weighted by Gasteiger charge is -2.34. The predicted octanol–water partition coefficient (Wildman–Crippen LogP) is 1.90. The first-order valence-electron chi connectivity index (χ1n) is 8.53. The molecule has 1 aliphatic heterocycles. The van der Waals surface area contributed by atoms with E-state index in [4.69, 9.17) is 9.84 Å². The number of carboxylic acid groups (broad SMARTS) is 1. The molecule has 1 N–H and O–H groups in total. The molecule has 1 heterocycles. The van der Waals surface area contributed by atoms with Gasteiger partial charge in [0, 0.05) is 13.1 Å². The molecule has 1 aliphatic carbocycles. The van der Waals surface area contributed by atoms with Crippen molar-refractivity contribution in [1.29, 1.82) is 0 Å². The van der Waals surface area contributed by atoms with E-state index in [1.165, 1.54) is 29.5 Å². The predicted molar refractivity (Wildman–Crippen MR) is 90.9 cm³/mol. The summed E-state index contributed by atoms with van der Waals surface area (Å²) >= 11 is 0. The highest BCUT2D eigenvalue weighted by Gasteiger charge is 2.30. The van der Waals surface area contributed by atoms with Crippen LogP contribution in [0, 0.1) is 0 Å². The van der Waals surface area contributed by atoms with Crippen LogP contribution in [0.1, 0.15) is 42.5 Å². The van der Waals surface area contributed by atoms with Crippen molar-refractivity contribution in [3.05, 3.63) is 23.8 Å². The topological polar surface area (TPSA) is 87.2 Å². The normalized spacial score (nSPS) is 17.6. The second kappa shape index (κ2) is 7.13. The number of hydrogen-bond acceptors (Lipinski definition) is 4. The number of anilines is 1. The zero-order valence-corrected chi connectivity index (χ0v) is 14.2. The SMILES string of the molecule is CN(C(=O)CN1C(=O)COc2ccc(C(=O)O)cc21)C1CCCCC1. The monoisotopic (exact) mass is 346 g/mol. The maximum Gasteiger partial charge on any atom is 0.335 e. The second-order valence-corrected chi connectivity index (χ2v) is 6.55. The minimum Gasteiger partial charge on any atom is -0.482 e. The van der Waals surface area contributed by atoms with Crippen molar-refractivity contribution in [3.8, 4) is 5.75 Å². The number of carbonyl (C=O) groups excluding carboxylic acids is 2. The number of ether oxygens (including phenoxy) is 1. The average Bonchev–Trinajstić information content (AvgIpc) is 2.63. The Labute approximate surface area is 146 Å². The van der Waals surface area contributed by atoms with Gasteiger partial charge >= 0.3 is 5.97 Å². The summed E-state index contributed by atoms with van der Waals surface area (Å²) < 4.78 is 5.35. The van der Waals surface area contributed by atoms with Gasteiger partial charge in [0.1, 0.15) is 12.3 Å². The lowest BCUT2D eigenvalue weighted by Crippen LogP contribution is -2.48. The number of fused-ring (bicyclic) bond motifs is 1. The summed E-state index contributed by atoms with van der Waals surface area (Å²) in [7, 11) is 1.78. The first-order valence-corrected chi connectivity index (χ1v) is 8.53. The average molecular weight is 346 g/mol. The van der Waals surface area contributed by atoms with Crippen LogP contribution >= 0.6 is 0 Å². The van der Waals surface area contributed by atoms with Crippen LogP contribution in [-0.2, 0) is 9.59 Å². The minimum atomic E-state index is -1.09. The quantitative estimate of drug-likeness (QED) is 0.900. The fraction of sp³-hybridized carbons (Fsp3) is 0.500. The smallest absolute Gasteiger partial charge is 0.335 e. The van der Waals surface area contributed by atoms with Gasteiger partial charge in [-0.1, -0.05) is 19.3 Å². The number of aromatic carboxylic acids is 1.